The number of piperidine rings is 1. The van der Waals surface area contributed by atoms with Crippen molar-refractivity contribution in [3.8, 4) is 0 Å². The van der Waals surface area contributed by atoms with Crippen molar-refractivity contribution in [1.82, 2.24) is 9.88 Å². The monoisotopic (exact) mass is 309 g/mol. The second kappa shape index (κ2) is 6.70. The molecule has 18 heavy (non-hydrogen) atoms. The van der Waals surface area contributed by atoms with E-state index in [2.05, 4.69) is 4.98 Å². The van der Waals surface area contributed by atoms with Gasteiger partial charge in [-0.2, -0.15) is 0 Å². The van der Waals surface area contributed by atoms with Gasteiger partial charge in [-0.05, 0) is 26.2 Å². The van der Waals surface area contributed by atoms with Crippen LogP contribution >= 0.6 is 35.3 Å². The molecule has 1 aromatic heterocycles. The number of likely N-dealkylation sites (tertiary alicyclic amines) is 1. The highest BCUT2D eigenvalue weighted by molar-refractivity contribution is 7.12. The quantitative estimate of drug-likeness (QED) is 0.913. The molecule has 1 fully saturated rings. The van der Waals surface area contributed by atoms with Gasteiger partial charge in [0.15, 0.2) is 5.15 Å². The van der Waals surface area contributed by atoms with E-state index in [9.17, 15) is 4.79 Å². The van der Waals surface area contributed by atoms with Gasteiger partial charge in [0, 0.05) is 18.6 Å². The van der Waals surface area contributed by atoms with Crippen LogP contribution in [0.5, 0.6) is 0 Å². The third-order valence-corrected chi connectivity index (χ3v) is 4.35. The molecule has 2 N–H and O–H groups in total. The molecule has 0 aromatic carbocycles. The third kappa shape index (κ3) is 3.15. The van der Waals surface area contributed by atoms with E-state index >= 15 is 0 Å². The van der Waals surface area contributed by atoms with Crippen LogP contribution in [0.3, 0.4) is 0 Å². The van der Waals surface area contributed by atoms with Gasteiger partial charge in [0.2, 0.25) is 0 Å². The molecule has 0 bridgehead atoms. The van der Waals surface area contributed by atoms with Crippen LogP contribution in [0, 0.1) is 0 Å². The van der Waals surface area contributed by atoms with Gasteiger partial charge >= 0.3 is 0 Å². The van der Waals surface area contributed by atoms with Gasteiger partial charge in [-0.25, -0.2) is 4.98 Å². The average molecular weight is 310 g/mol. The molecule has 1 amide bonds. The van der Waals surface area contributed by atoms with Crippen molar-refractivity contribution in [2.75, 3.05) is 6.54 Å². The molecule has 1 aromatic rings. The molecular weight excluding hydrogens is 293 g/mol. The van der Waals surface area contributed by atoms with Crippen molar-refractivity contribution in [1.29, 1.82) is 0 Å². The van der Waals surface area contributed by atoms with E-state index in [1.165, 1.54) is 11.3 Å². The zero-order valence-corrected chi connectivity index (χ0v) is 12.5. The smallest absolute Gasteiger partial charge is 0.267 e. The zero-order valence-electron chi connectivity index (χ0n) is 10.1. The Bertz CT molecular complexity index is 411. The molecule has 2 unspecified atom stereocenters. The summed E-state index contributed by atoms with van der Waals surface area (Å²) in [7, 11) is 0. The van der Waals surface area contributed by atoms with E-state index in [0.717, 1.165) is 25.8 Å². The Morgan fingerprint density at radius 3 is 2.94 bits per heavy atom. The maximum atomic E-state index is 12.4. The minimum Gasteiger partial charge on any atom is -0.333 e. The lowest BCUT2D eigenvalue weighted by Gasteiger charge is -2.37. The lowest BCUT2D eigenvalue weighted by atomic mass is 9.97. The number of amides is 1. The highest BCUT2D eigenvalue weighted by Gasteiger charge is 2.31. The molecule has 4 nitrogen and oxygen atoms in total. The van der Waals surface area contributed by atoms with Gasteiger partial charge < -0.3 is 10.6 Å². The Kier molecular flexibility index (Phi) is 5.85. The van der Waals surface area contributed by atoms with Crippen LogP contribution in [0.2, 0.25) is 5.15 Å². The lowest BCUT2D eigenvalue weighted by molar-refractivity contribution is 0.0589. The number of rotatable bonds is 2. The number of hydrogen-bond acceptors (Lipinski definition) is 4. The van der Waals surface area contributed by atoms with Gasteiger partial charge in [-0.15, -0.1) is 23.7 Å². The molecular formula is C11H17Cl2N3OS. The zero-order chi connectivity index (χ0) is 12.4. The number of aromatic nitrogens is 1. The fourth-order valence-electron chi connectivity index (χ4n) is 2.26. The summed E-state index contributed by atoms with van der Waals surface area (Å²) in [5.41, 5.74) is 7.55. The molecule has 0 radical (unpaired) electrons. The van der Waals surface area contributed by atoms with Gasteiger partial charge in [-0.3, -0.25) is 4.79 Å². The fourth-order valence-corrected chi connectivity index (χ4v) is 3.21. The predicted molar refractivity (Wildman–Crippen MR) is 76.7 cm³/mol. The number of nitrogens with zero attached hydrogens (tertiary/aromatic N) is 2. The van der Waals surface area contributed by atoms with Crippen molar-refractivity contribution >= 4 is 41.3 Å². The second-order valence-electron chi connectivity index (χ2n) is 4.39. The summed E-state index contributed by atoms with van der Waals surface area (Å²) >= 11 is 7.19. The molecule has 0 aliphatic carbocycles. The highest BCUT2D eigenvalue weighted by atomic mass is 35.5. The highest BCUT2D eigenvalue weighted by Crippen LogP contribution is 2.26. The summed E-state index contributed by atoms with van der Waals surface area (Å²) in [5.74, 6) is -0.0282. The molecule has 1 aliphatic rings. The Labute approximate surface area is 122 Å². The molecule has 1 saturated heterocycles. The molecule has 1 aliphatic heterocycles. The van der Waals surface area contributed by atoms with E-state index in [1.54, 1.807) is 5.51 Å². The first-order valence-corrected chi connectivity index (χ1v) is 7.02. The van der Waals surface area contributed by atoms with Crippen molar-refractivity contribution in [2.45, 2.75) is 38.3 Å². The third-order valence-electron chi connectivity index (χ3n) is 3.14. The van der Waals surface area contributed by atoms with Crippen LogP contribution in [-0.4, -0.2) is 34.4 Å². The first-order valence-electron chi connectivity index (χ1n) is 5.77. The number of hydrogen-bond donors (Lipinski definition) is 1. The molecule has 102 valence electrons. The van der Waals surface area contributed by atoms with Gasteiger partial charge in [0.05, 0.1) is 5.51 Å². The summed E-state index contributed by atoms with van der Waals surface area (Å²) in [4.78, 5) is 18.6. The van der Waals surface area contributed by atoms with Crippen LogP contribution in [-0.2, 0) is 0 Å². The number of carbonyl (C=O) groups is 1. The Hall–Kier alpha value is -0.360. The maximum Gasteiger partial charge on any atom is 0.267 e. The first-order chi connectivity index (χ1) is 8.11. The van der Waals surface area contributed by atoms with Gasteiger partial charge in [0.1, 0.15) is 4.88 Å². The minimum absolute atomic E-state index is 0. The number of halogens is 2. The minimum atomic E-state index is -0.0282. The van der Waals surface area contributed by atoms with Gasteiger partial charge in [-0.1, -0.05) is 11.6 Å². The van der Waals surface area contributed by atoms with Gasteiger partial charge in [0.25, 0.3) is 5.91 Å². The van der Waals surface area contributed by atoms with E-state index in [1.807, 2.05) is 11.8 Å². The lowest BCUT2D eigenvalue weighted by Crippen LogP contribution is -2.51. The van der Waals surface area contributed by atoms with Crippen LogP contribution in [0.1, 0.15) is 35.9 Å². The molecule has 0 saturated carbocycles. The van der Waals surface area contributed by atoms with Crippen LogP contribution < -0.4 is 5.73 Å². The number of carbonyl (C=O) groups excluding carboxylic acids is 1. The first kappa shape index (κ1) is 15.7. The van der Waals surface area contributed by atoms with Crippen molar-refractivity contribution < 1.29 is 4.79 Å². The van der Waals surface area contributed by atoms with Crippen molar-refractivity contribution in [3.63, 3.8) is 0 Å². The van der Waals surface area contributed by atoms with Crippen LogP contribution in [0.25, 0.3) is 0 Å². The average Bonchev–Trinajstić information content (AvgIpc) is 2.74. The summed E-state index contributed by atoms with van der Waals surface area (Å²) in [6, 6.07) is 0.111. The molecule has 7 heteroatoms. The maximum absolute atomic E-state index is 12.4. The molecule has 2 rings (SSSR count). The van der Waals surface area contributed by atoms with Crippen molar-refractivity contribution in [3.05, 3.63) is 15.5 Å². The normalized spacial score (nSPS) is 21.3. The van der Waals surface area contributed by atoms with Crippen LogP contribution in [0.15, 0.2) is 5.51 Å². The standard InChI is InChI=1S/C11H16ClN3OS.ClH/c1-7(13)8-4-2-3-5-15(8)11(16)9-10(12)14-6-17-9;/h6-8H,2-5,13H2,1H3;1H. The Morgan fingerprint density at radius 1 is 1.67 bits per heavy atom. The largest absolute Gasteiger partial charge is 0.333 e. The SMILES string of the molecule is CC(N)C1CCCCN1C(=O)c1scnc1Cl.Cl. The fraction of sp³-hybridized carbons (Fsp3) is 0.636. The topological polar surface area (TPSA) is 59.2 Å². The van der Waals surface area contributed by atoms with E-state index in [4.69, 9.17) is 17.3 Å². The molecule has 0 spiro atoms. The molecule has 2 heterocycles. The summed E-state index contributed by atoms with van der Waals surface area (Å²) in [6.45, 7) is 2.71. The second-order valence-corrected chi connectivity index (χ2v) is 5.61. The van der Waals surface area contributed by atoms with E-state index in [-0.39, 0.29) is 30.4 Å². The Balaban J connectivity index is 0.00000162. The number of nitrogens with two attached hydrogens (primary N) is 1. The predicted octanol–water partition coefficient (Wildman–Crippen LogP) is 2.56. The van der Waals surface area contributed by atoms with Crippen LogP contribution in [0.4, 0.5) is 0 Å². The Morgan fingerprint density at radius 2 is 2.39 bits per heavy atom. The van der Waals surface area contributed by atoms with Crippen molar-refractivity contribution in [2.24, 2.45) is 5.73 Å². The van der Waals surface area contributed by atoms with E-state index in [0.29, 0.717) is 10.0 Å². The van der Waals surface area contributed by atoms with E-state index < -0.39 is 0 Å². The summed E-state index contributed by atoms with van der Waals surface area (Å²) in [5, 5.41) is 0.300. The summed E-state index contributed by atoms with van der Waals surface area (Å²) in [6.07, 6.45) is 3.14. The molecule has 2 atom stereocenters. The number of thiazole rings is 1. The summed E-state index contributed by atoms with van der Waals surface area (Å²) < 4.78 is 0.